The lowest BCUT2D eigenvalue weighted by Gasteiger charge is -2.16. The second kappa shape index (κ2) is 14.6. The number of aromatic nitrogens is 1. The highest BCUT2D eigenvalue weighted by Crippen LogP contribution is 2.29. The van der Waals surface area contributed by atoms with Gasteiger partial charge in [-0.25, -0.2) is 19.4 Å². The lowest BCUT2D eigenvalue weighted by molar-refractivity contribution is -0.129. The number of carbonyl (C=O) groups is 3. The third kappa shape index (κ3) is 8.08. The molecule has 0 spiro atoms. The molecule has 0 radical (unpaired) electrons. The number of hydrogen-bond acceptors (Lipinski definition) is 12. The number of aliphatic hydroxyl groups is 1. The molecule has 5 rings (SSSR count). The normalized spacial score (nSPS) is 11.4. The molecular weight excluding hydrogens is 610 g/mol. The van der Waals surface area contributed by atoms with Crippen LogP contribution in [0.2, 0.25) is 0 Å². The van der Waals surface area contributed by atoms with E-state index in [1.807, 2.05) is 24.3 Å². The predicted octanol–water partition coefficient (Wildman–Crippen LogP) is 6.21. The van der Waals surface area contributed by atoms with Crippen LogP contribution < -0.4 is 24.4 Å². The summed E-state index contributed by atoms with van der Waals surface area (Å²) in [6.45, 7) is 6.71. The minimum absolute atomic E-state index is 0.170. The molecule has 2 N–H and O–H groups in total. The first-order valence-electron chi connectivity index (χ1n) is 13.6. The van der Waals surface area contributed by atoms with Crippen LogP contribution in [0.4, 0.5) is 5.13 Å². The molecular formula is C34H25N3O8S. The van der Waals surface area contributed by atoms with Gasteiger partial charge in [0.05, 0.1) is 22.0 Å². The van der Waals surface area contributed by atoms with Gasteiger partial charge in [0.25, 0.3) is 0 Å². The monoisotopic (exact) mass is 635 g/mol. The number of carbonyl (C=O) groups excluding carboxylic acids is 3. The Morgan fingerprint density at radius 2 is 1.46 bits per heavy atom. The first-order chi connectivity index (χ1) is 22.3. The third-order valence-corrected chi connectivity index (χ3v) is 7.05. The Morgan fingerprint density at radius 3 is 2.11 bits per heavy atom. The fraction of sp³-hybridized carbons (Fsp3) is 0.0294. The van der Waals surface area contributed by atoms with E-state index in [1.165, 1.54) is 72.1 Å². The van der Waals surface area contributed by atoms with Crippen molar-refractivity contribution in [2.24, 2.45) is 5.10 Å². The number of esters is 3. The van der Waals surface area contributed by atoms with Gasteiger partial charge in [0.1, 0.15) is 23.0 Å². The number of nitrogens with one attached hydrogen (secondary N) is 1. The van der Waals surface area contributed by atoms with Gasteiger partial charge in [0.2, 0.25) is 11.4 Å². The molecule has 11 nitrogen and oxygen atoms in total. The van der Waals surface area contributed by atoms with Crippen LogP contribution in [-0.2, 0) is 9.59 Å². The van der Waals surface area contributed by atoms with E-state index in [2.05, 4.69) is 28.7 Å². The van der Waals surface area contributed by atoms with Gasteiger partial charge in [-0.1, -0.05) is 36.6 Å². The first kappa shape index (κ1) is 31.3. The third-order valence-electron chi connectivity index (χ3n) is 6.11. The van der Waals surface area contributed by atoms with Gasteiger partial charge in [0.15, 0.2) is 0 Å². The van der Waals surface area contributed by atoms with E-state index in [0.29, 0.717) is 16.3 Å². The molecule has 1 heterocycles. The second-order valence-corrected chi connectivity index (χ2v) is 10.3. The van der Waals surface area contributed by atoms with Crippen molar-refractivity contribution in [3.8, 4) is 23.0 Å². The summed E-state index contributed by atoms with van der Waals surface area (Å²) in [5.41, 5.74) is 4.67. The Hall–Kier alpha value is -6.11. The molecule has 0 aliphatic heterocycles. The highest BCUT2D eigenvalue weighted by Gasteiger charge is 2.16. The molecule has 1 atom stereocenters. The first-order valence-corrected chi connectivity index (χ1v) is 14.4. The summed E-state index contributed by atoms with van der Waals surface area (Å²) in [6, 6.07) is 24.1. The lowest BCUT2D eigenvalue weighted by Crippen LogP contribution is -2.11. The highest BCUT2D eigenvalue weighted by atomic mass is 32.1. The molecule has 0 fully saturated rings. The van der Waals surface area contributed by atoms with Crippen LogP contribution in [0, 0.1) is 0 Å². The number of hydrogen-bond donors (Lipinski definition) is 2. The number of ether oxygens (including phenoxy) is 4. The van der Waals surface area contributed by atoms with Gasteiger partial charge < -0.3 is 24.1 Å². The summed E-state index contributed by atoms with van der Waals surface area (Å²) < 4.78 is 22.5. The fourth-order valence-electron chi connectivity index (χ4n) is 3.90. The maximum atomic E-state index is 12.9. The molecule has 12 heteroatoms. The molecule has 0 aliphatic carbocycles. The predicted molar refractivity (Wildman–Crippen MR) is 172 cm³/mol. The summed E-state index contributed by atoms with van der Waals surface area (Å²) in [6.07, 6.45) is 2.10. The molecule has 1 aromatic heterocycles. The Morgan fingerprint density at radius 1 is 0.826 bits per heavy atom. The highest BCUT2D eigenvalue weighted by molar-refractivity contribution is 7.22. The van der Waals surface area contributed by atoms with Gasteiger partial charge in [-0.3, -0.25) is 5.43 Å². The van der Waals surface area contributed by atoms with E-state index >= 15 is 0 Å². The summed E-state index contributed by atoms with van der Waals surface area (Å²) in [5.74, 6) is -0.994. The van der Waals surface area contributed by atoms with E-state index < -0.39 is 24.2 Å². The molecule has 0 amide bonds. The van der Waals surface area contributed by atoms with Crippen molar-refractivity contribution >= 4 is 50.8 Å². The number of aliphatic hydroxyl groups excluding tert-OH is 1. The summed E-state index contributed by atoms with van der Waals surface area (Å²) >= 11 is 1.42. The van der Waals surface area contributed by atoms with Crippen molar-refractivity contribution in [1.29, 1.82) is 0 Å². The maximum absolute atomic E-state index is 12.9. The average Bonchev–Trinajstić information content (AvgIpc) is 3.49. The molecule has 0 saturated carbocycles. The van der Waals surface area contributed by atoms with Gasteiger partial charge in [-0.2, -0.15) is 5.10 Å². The number of nitrogens with zero attached hydrogens (tertiary/aromatic N) is 2. The van der Waals surface area contributed by atoms with Gasteiger partial charge in [-0.15, -0.1) is 0 Å². The average molecular weight is 636 g/mol. The number of rotatable bonds is 12. The zero-order chi connectivity index (χ0) is 32.5. The summed E-state index contributed by atoms with van der Waals surface area (Å²) in [7, 11) is 0. The zero-order valence-electron chi connectivity index (χ0n) is 24.0. The zero-order valence-corrected chi connectivity index (χ0v) is 24.8. The number of hydrazone groups is 1. The van der Waals surface area contributed by atoms with Crippen LogP contribution in [-0.4, -0.2) is 34.2 Å². The van der Waals surface area contributed by atoms with Crippen LogP contribution in [0.25, 0.3) is 10.2 Å². The summed E-state index contributed by atoms with van der Waals surface area (Å²) in [4.78, 5) is 40.2. The Bertz CT molecular complexity index is 1900. The quantitative estimate of drug-likeness (QED) is 0.0405. The molecule has 1 unspecified atom stereocenters. The molecule has 0 saturated heterocycles. The minimum atomic E-state index is -1.41. The lowest BCUT2D eigenvalue weighted by atomic mass is 10.2. The van der Waals surface area contributed by atoms with E-state index in [4.69, 9.17) is 18.9 Å². The number of benzene rings is 4. The van der Waals surface area contributed by atoms with E-state index in [-0.39, 0.29) is 28.6 Å². The summed E-state index contributed by atoms with van der Waals surface area (Å²) in [5, 5.41) is 15.7. The molecule has 4 aromatic carbocycles. The molecule has 0 aliphatic rings. The van der Waals surface area contributed by atoms with Crippen LogP contribution in [0.3, 0.4) is 0 Å². The number of anilines is 1. The molecule has 0 bridgehead atoms. The number of para-hydroxylation sites is 1. The van der Waals surface area contributed by atoms with Crippen LogP contribution in [0.1, 0.15) is 27.8 Å². The van der Waals surface area contributed by atoms with Gasteiger partial charge >= 0.3 is 17.9 Å². The smallest absolute Gasteiger partial charge is 0.343 e. The van der Waals surface area contributed by atoms with Crippen molar-refractivity contribution in [1.82, 2.24) is 4.98 Å². The Labute approximate surface area is 266 Å². The molecule has 230 valence electrons. The van der Waals surface area contributed by atoms with E-state index in [1.54, 1.807) is 12.1 Å². The van der Waals surface area contributed by atoms with Crippen molar-refractivity contribution < 1.29 is 38.4 Å². The van der Waals surface area contributed by atoms with Crippen molar-refractivity contribution in [2.45, 2.75) is 6.29 Å². The number of fused-ring (bicyclic) bond motifs is 1. The van der Waals surface area contributed by atoms with Crippen LogP contribution in [0.5, 0.6) is 23.0 Å². The Kier molecular flexibility index (Phi) is 9.92. The van der Waals surface area contributed by atoms with Crippen LogP contribution >= 0.6 is 11.3 Å². The largest absolute Gasteiger partial charge is 0.460 e. The second-order valence-electron chi connectivity index (χ2n) is 9.26. The standard InChI is InChI=1S/C34H25N3O8S/c1-3-30(38)42-24-13-9-21(10-14-24)32(40)44-26-17-18-28(45-33(41)22-11-15-25(16-12-22)43-31(39)4-2)23(19-26)20-35-37-34-36-27-7-5-6-8-29(27)46-34/h3-20,33,41H,1-2H2,(H,36,37)/b35-20+. The maximum Gasteiger partial charge on any atom is 0.343 e. The van der Waals surface area contributed by atoms with E-state index in [0.717, 1.165) is 22.4 Å². The fourth-order valence-corrected chi connectivity index (χ4v) is 4.72. The van der Waals surface area contributed by atoms with Crippen LogP contribution in [0.15, 0.2) is 121 Å². The topological polar surface area (TPSA) is 146 Å². The molecule has 46 heavy (non-hydrogen) atoms. The van der Waals surface area contributed by atoms with Crippen molar-refractivity contribution in [3.05, 3.63) is 133 Å². The SMILES string of the molecule is C=CC(=O)Oc1ccc(C(=O)Oc2ccc(OC(O)c3ccc(OC(=O)C=C)cc3)c(/C=N/Nc3nc4ccccc4s3)c2)cc1. The van der Waals surface area contributed by atoms with Crippen molar-refractivity contribution in [3.63, 3.8) is 0 Å². The minimum Gasteiger partial charge on any atom is -0.460 e. The van der Waals surface area contributed by atoms with Gasteiger partial charge in [-0.05, 0) is 78.9 Å². The van der Waals surface area contributed by atoms with Gasteiger partial charge in [0, 0.05) is 23.3 Å². The number of thiazole rings is 1. The Balaban J connectivity index is 1.35. The van der Waals surface area contributed by atoms with E-state index in [9.17, 15) is 19.5 Å². The van der Waals surface area contributed by atoms with Crippen molar-refractivity contribution in [2.75, 3.05) is 5.43 Å². The molecule has 5 aromatic rings.